The molecule has 1 aliphatic heterocycles. The molecular formula is C16H27N3. The average molecular weight is 261 g/mol. The lowest BCUT2D eigenvalue weighted by molar-refractivity contribution is 0.187. The number of nitrogens with zero attached hydrogens (tertiary/aromatic N) is 2. The molecule has 1 fully saturated rings. The van der Waals surface area contributed by atoms with Crippen molar-refractivity contribution in [2.45, 2.75) is 51.6 Å². The molecule has 0 radical (unpaired) electrons. The highest BCUT2D eigenvalue weighted by Gasteiger charge is 2.18. The van der Waals surface area contributed by atoms with E-state index in [0.717, 1.165) is 13.0 Å². The van der Waals surface area contributed by atoms with Crippen molar-refractivity contribution in [1.29, 1.82) is 0 Å². The molecule has 3 nitrogen and oxygen atoms in total. The molecule has 0 amide bonds. The van der Waals surface area contributed by atoms with Gasteiger partial charge in [0.1, 0.15) is 0 Å². The molecule has 1 aliphatic rings. The van der Waals surface area contributed by atoms with E-state index in [1.165, 1.54) is 37.9 Å². The fraction of sp³-hybridized carbons (Fsp3) is 0.688. The van der Waals surface area contributed by atoms with Crippen LogP contribution in [0.25, 0.3) is 0 Å². The second kappa shape index (κ2) is 7.61. The summed E-state index contributed by atoms with van der Waals surface area (Å²) < 4.78 is 0. The van der Waals surface area contributed by atoms with Crippen molar-refractivity contribution in [3.05, 3.63) is 30.1 Å². The first-order valence-electron chi connectivity index (χ1n) is 7.62. The summed E-state index contributed by atoms with van der Waals surface area (Å²) in [6.45, 7) is 8.09. The van der Waals surface area contributed by atoms with Crippen LogP contribution in [0.2, 0.25) is 0 Å². The zero-order valence-electron chi connectivity index (χ0n) is 12.3. The van der Waals surface area contributed by atoms with Gasteiger partial charge >= 0.3 is 0 Å². The molecule has 2 rings (SSSR count). The van der Waals surface area contributed by atoms with Gasteiger partial charge in [0.2, 0.25) is 0 Å². The first-order chi connectivity index (χ1) is 9.25. The quantitative estimate of drug-likeness (QED) is 0.852. The van der Waals surface area contributed by atoms with Gasteiger partial charge in [0.25, 0.3) is 0 Å². The van der Waals surface area contributed by atoms with Gasteiger partial charge in [0, 0.05) is 37.6 Å². The maximum Gasteiger partial charge on any atom is 0.0300 e. The van der Waals surface area contributed by atoms with Crippen molar-refractivity contribution in [3.8, 4) is 0 Å². The number of piperidine rings is 1. The Hall–Kier alpha value is -0.930. The molecule has 0 aromatic carbocycles. The van der Waals surface area contributed by atoms with Crippen LogP contribution in [-0.2, 0) is 6.42 Å². The predicted octanol–water partition coefficient (Wildman–Crippen LogP) is 2.48. The highest BCUT2D eigenvalue weighted by Crippen LogP contribution is 2.11. The molecule has 1 saturated heterocycles. The number of hydrogen-bond donors (Lipinski definition) is 1. The van der Waals surface area contributed by atoms with Gasteiger partial charge in [-0.3, -0.25) is 9.88 Å². The molecule has 1 atom stereocenters. The summed E-state index contributed by atoms with van der Waals surface area (Å²) in [6.07, 6.45) is 8.97. The zero-order chi connectivity index (χ0) is 13.5. The van der Waals surface area contributed by atoms with Crippen LogP contribution < -0.4 is 5.32 Å². The molecule has 19 heavy (non-hydrogen) atoms. The average Bonchev–Trinajstić information content (AvgIpc) is 2.45. The van der Waals surface area contributed by atoms with Crippen molar-refractivity contribution >= 4 is 0 Å². The number of pyridine rings is 1. The maximum atomic E-state index is 4.19. The monoisotopic (exact) mass is 261 g/mol. The van der Waals surface area contributed by atoms with E-state index >= 15 is 0 Å². The molecule has 0 aliphatic carbocycles. The van der Waals surface area contributed by atoms with Crippen LogP contribution >= 0.6 is 0 Å². The largest absolute Gasteiger partial charge is 0.313 e. The Bertz CT molecular complexity index is 344. The van der Waals surface area contributed by atoms with Crippen molar-refractivity contribution in [2.75, 3.05) is 19.6 Å². The molecule has 1 N–H and O–H groups in total. The summed E-state index contributed by atoms with van der Waals surface area (Å²) in [5.41, 5.74) is 1.34. The Kier molecular flexibility index (Phi) is 5.80. The number of rotatable bonds is 6. The van der Waals surface area contributed by atoms with Crippen molar-refractivity contribution in [1.82, 2.24) is 15.2 Å². The smallest absolute Gasteiger partial charge is 0.0300 e. The summed E-state index contributed by atoms with van der Waals surface area (Å²) in [7, 11) is 0. The van der Waals surface area contributed by atoms with Gasteiger partial charge in [-0.15, -0.1) is 0 Å². The van der Waals surface area contributed by atoms with Gasteiger partial charge in [0.15, 0.2) is 0 Å². The van der Waals surface area contributed by atoms with Crippen LogP contribution in [0.1, 0.15) is 38.7 Å². The van der Waals surface area contributed by atoms with E-state index < -0.39 is 0 Å². The topological polar surface area (TPSA) is 28.2 Å². The van der Waals surface area contributed by atoms with E-state index in [1.807, 2.05) is 18.5 Å². The van der Waals surface area contributed by atoms with Crippen molar-refractivity contribution in [3.63, 3.8) is 0 Å². The molecule has 0 saturated carbocycles. The van der Waals surface area contributed by atoms with Gasteiger partial charge in [-0.25, -0.2) is 0 Å². The molecular weight excluding hydrogens is 234 g/mol. The summed E-state index contributed by atoms with van der Waals surface area (Å²) in [5, 5.41) is 3.65. The summed E-state index contributed by atoms with van der Waals surface area (Å²) >= 11 is 0. The van der Waals surface area contributed by atoms with E-state index in [2.05, 4.69) is 35.1 Å². The summed E-state index contributed by atoms with van der Waals surface area (Å²) in [4.78, 5) is 6.79. The third-order valence-corrected chi connectivity index (χ3v) is 4.01. The Morgan fingerprint density at radius 2 is 2.32 bits per heavy atom. The molecule has 2 heterocycles. The Balaban J connectivity index is 1.82. The number of hydrogen-bond acceptors (Lipinski definition) is 3. The molecule has 1 unspecified atom stereocenters. The minimum Gasteiger partial charge on any atom is -0.313 e. The van der Waals surface area contributed by atoms with Crippen molar-refractivity contribution in [2.24, 2.45) is 0 Å². The third kappa shape index (κ3) is 4.92. The summed E-state index contributed by atoms with van der Waals surface area (Å²) in [5.74, 6) is 0. The highest BCUT2D eigenvalue weighted by molar-refractivity contribution is 5.08. The first-order valence-corrected chi connectivity index (χ1v) is 7.62. The lowest BCUT2D eigenvalue weighted by Gasteiger charge is -2.33. The van der Waals surface area contributed by atoms with Crippen LogP contribution in [0.15, 0.2) is 24.5 Å². The minimum absolute atomic E-state index is 0.611. The Morgan fingerprint density at radius 1 is 1.42 bits per heavy atom. The molecule has 1 aromatic heterocycles. The van der Waals surface area contributed by atoms with Crippen LogP contribution in [0, 0.1) is 0 Å². The number of nitrogens with one attached hydrogen (secondary N) is 1. The number of aromatic nitrogens is 1. The molecule has 3 heteroatoms. The van der Waals surface area contributed by atoms with Gasteiger partial charge < -0.3 is 5.32 Å². The van der Waals surface area contributed by atoms with Crippen LogP contribution in [0.5, 0.6) is 0 Å². The normalized spacial score (nSPS) is 20.1. The van der Waals surface area contributed by atoms with E-state index in [9.17, 15) is 0 Å². The van der Waals surface area contributed by atoms with Crippen LogP contribution in [0.3, 0.4) is 0 Å². The van der Waals surface area contributed by atoms with Gasteiger partial charge in [-0.05, 0) is 51.3 Å². The lowest BCUT2D eigenvalue weighted by atomic mass is 10.0. The van der Waals surface area contributed by atoms with Crippen molar-refractivity contribution < 1.29 is 0 Å². The molecule has 106 valence electrons. The Labute approximate surface area is 117 Å². The Morgan fingerprint density at radius 3 is 2.95 bits per heavy atom. The fourth-order valence-corrected chi connectivity index (χ4v) is 2.74. The third-order valence-electron chi connectivity index (χ3n) is 4.01. The van der Waals surface area contributed by atoms with Crippen LogP contribution in [-0.4, -0.2) is 41.6 Å². The summed E-state index contributed by atoms with van der Waals surface area (Å²) in [6, 6.07) is 5.49. The SMILES string of the molecule is CC(C)N(CCc1cccnc1)CC1CCCCN1. The van der Waals surface area contributed by atoms with E-state index in [-0.39, 0.29) is 0 Å². The second-order valence-corrected chi connectivity index (χ2v) is 5.85. The van der Waals surface area contributed by atoms with Gasteiger partial charge in [-0.2, -0.15) is 0 Å². The van der Waals surface area contributed by atoms with Gasteiger partial charge in [0.05, 0.1) is 0 Å². The predicted molar refractivity (Wildman–Crippen MR) is 80.3 cm³/mol. The zero-order valence-corrected chi connectivity index (χ0v) is 12.3. The first kappa shape index (κ1) is 14.5. The molecule has 1 aromatic rings. The standard InChI is InChI=1S/C16H27N3/c1-14(2)19(13-16-7-3-4-10-18-16)11-8-15-6-5-9-17-12-15/h5-6,9,12,14,16,18H,3-4,7-8,10-11,13H2,1-2H3. The highest BCUT2D eigenvalue weighted by atomic mass is 15.2. The fourth-order valence-electron chi connectivity index (χ4n) is 2.74. The maximum absolute atomic E-state index is 4.19. The van der Waals surface area contributed by atoms with Gasteiger partial charge in [-0.1, -0.05) is 12.5 Å². The van der Waals surface area contributed by atoms with E-state index in [0.29, 0.717) is 12.1 Å². The van der Waals surface area contributed by atoms with E-state index in [4.69, 9.17) is 0 Å². The second-order valence-electron chi connectivity index (χ2n) is 5.85. The molecule has 0 bridgehead atoms. The van der Waals surface area contributed by atoms with Crippen LogP contribution in [0.4, 0.5) is 0 Å². The van der Waals surface area contributed by atoms with E-state index in [1.54, 1.807) is 0 Å². The minimum atomic E-state index is 0.611. The lowest BCUT2D eigenvalue weighted by Crippen LogP contribution is -2.46. The molecule has 0 spiro atoms.